The van der Waals surface area contributed by atoms with Gasteiger partial charge in [-0.3, -0.25) is 5.14 Å². The molecule has 0 spiro atoms. The monoisotopic (exact) mass is 231 g/mol. The Bertz CT molecular complexity index is 605. The van der Waals surface area contributed by atoms with E-state index in [1.54, 1.807) is 0 Å². The number of halogens is 1. The molecule has 0 amide bonds. The molecule has 0 radical (unpaired) electrons. The minimum Gasteiger partial charge on any atom is -0.356 e. The number of hydrogen-bond donors (Lipinski definition) is 1. The van der Waals surface area contributed by atoms with Gasteiger partial charge in [-0.25, -0.2) is 4.39 Å². The first-order valence-electron chi connectivity index (χ1n) is 4.05. The van der Waals surface area contributed by atoms with Gasteiger partial charge in [0.25, 0.3) is 10.0 Å². The molecule has 0 unspecified atom stereocenters. The Hall–Kier alpha value is -1.47. The first kappa shape index (κ1) is 10.1. The SMILES string of the molecule is [NH3+]S(=O)(=O)Cc1noc2ccc(F)cc12. The number of rotatable bonds is 2. The maximum atomic E-state index is 12.9. The predicted molar refractivity (Wildman–Crippen MR) is 49.5 cm³/mol. The molecule has 0 aliphatic rings. The third-order valence-corrected chi connectivity index (χ3v) is 2.58. The van der Waals surface area contributed by atoms with Gasteiger partial charge in [-0.15, -0.1) is 0 Å². The van der Waals surface area contributed by atoms with Crippen molar-refractivity contribution in [2.24, 2.45) is 0 Å². The van der Waals surface area contributed by atoms with Gasteiger partial charge in [0.2, 0.25) is 0 Å². The lowest BCUT2D eigenvalue weighted by Crippen LogP contribution is -2.56. The molecule has 0 aliphatic heterocycles. The van der Waals surface area contributed by atoms with E-state index in [1.807, 2.05) is 0 Å². The van der Waals surface area contributed by atoms with Crippen molar-refractivity contribution in [3.05, 3.63) is 29.7 Å². The van der Waals surface area contributed by atoms with Gasteiger partial charge < -0.3 is 4.52 Å². The summed E-state index contributed by atoms with van der Waals surface area (Å²) >= 11 is 0. The summed E-state index contributed by atoms with van der Waals surface area (Å²) in [4.78, 5) is 0. The maximum Gasteiger partial charge on any atom is 0.298 e. The summed E-state index contributed by atoms with van der Waals surface area (Å²) in [5, 5.41) is 6.90. The van der Waals surface area contributed by atoms with E-state index in [4.69, 9.17) is 4.52 Å². The number of nitrogens with zero attached hydrogens (tertiary/aromatic N) is 1. The van der Waals surface area contributed by atoms with E-state index >= 15 is 0 Å². The third kappa shape index (κ3) is 2.13. The summed E-state index contributed by atoms with van der Waals surface area (Å²) in [6, 6.07) is 3.80. The molecule has 15 heavy (non-hydrogen) atoms. The minimum atomic E-state index is -3.45. The largest absolute Gasteiger partial charge is 0.356 e. The number of benzene rings is 1. The highest BCUT2D eigenvalue weighted by Crippen LogP contribution is 2.20. The van der Waals surface area contributed by atoms with Gasteiger partial charge in [-0.2, -0.15) is 8.42 Å². The summed E-state index contributed by atoms with van der Waals surface area (Å²) in [6.07, 6.45) is 0. The fourth-order valence-electron chi connectivity index (χ4n) is 1.27. The molecule has 0 aliphatic carbocycles. The normalized spacial score (nSPS) is 12.1. The van der Waals surface area contributed by atoms with Crippen molar-refractivity contribution in [1.82, 2.24) is 5.16 Å². The lowest BCUT2D eigenvalue weighted by Gasteiger charge is -1.91. The maximum absolute atomic E-state index is 12.9. The number of quaternary nitrogens is 1. The molecule has 0 saturated heterocycles. The highest BCUT2D eigenvalue weighted by Gasteiger charge is 2.16. The molecule has 3 N–H and O–H groups in total. The number of fused-ring (bicyclic) bond motifs is 1. The minimum absolute atomic E-state index is 0.180. The highest BCUT2D eigenvalue weighted by molar-refractivity contribution is 7.83. The van der Waals surface area contributed by atoms with Crippen molar-refractivity contribution in [2.75, 3.05) is 0 Å². The molecule has 2 aromatic rings. The van der Waals surface area contributed by atoms with Crippen LogP contribution in [0.4, 0.5) is 4.39 Å². The third-order valence-electron chi connectivity index (χ3n) is 1.86. The van der Waals surface area contributed by atoms with Crippen LogP contribution in [0.5, 0.6) is 0 Å². The Morgan fingerprint density at radius 1 is 1.47 bits per heavy atom. The topological polar surface area (TPSA) is 87.8 Å². The fraction of sp³-hybridized carbons (Fsp3) is 0.125. The second kappa shape index (κ2) is 3.28. The standard InChI is InChI=1S/C8H7FN2O3S/c9-5-1-2-8-6(3-5)7(11-14-8)4-15(10,12)13/h1-3H,4H2,(H2,10,12,13)/p+1. The van der Waals surface area contributed by atoms with E-state index in [-0.39, 0.29) is 11.4 Å². The molecule has 0 atom stereocenters. The molecular weight excluding hydrogens is 223 g/mol. The Morgan fingerprint density at radius 2 is 2.20 bits per heavy atom. The highest BCUT2D eigenvalue weighted by atomic mass is 32.2. The van der Waals surface area contributed by atoms with Crippen LogP contribution < -0.4 is 5.14 Å². The predicted octanol–water partition coefficient (Wildman–Crippen LogP) is 0.0386. The van der Waals surface area contributed by atoms with Crippen molar-refractivity contribution >= 4 is 21.0 Å². The smallest absolute Gasteiger partial charge is 0.298 e. The summed E-state index contributed by atoms with van der Waals surface area (Å²) in [6.45, 7) is 0. The van der Waals surface area contributed by atoms with Gasteiger partial charge in [0.05, 0.1) is 0 Å². The Balaban J connectivity index is 2.57. The molecule has 7 heteroatoms. The average molecular weight is 231 g/mol. The lowest BCUT2D eigenvalue weighted by molar-refractivity contribution is -0.165. The van der Waals surface area contributed by atoms with Crippen LogP contribution in [0, 0.1) is 5.82 Å². The van der Waals surface area contributed by atoms with Crippen molar-refractivity contribution < 1.29 is 22.5 Å². The van der Waals surface area contributed by atoms with Crippen molar-refractivity contribution in [3.8, 4) is 0 Å². The Kier molecular flexibility index (Phi) is 2.20. The van der Waals surface area contributed by atoms with Gasteiger partial charge in [0, 0.05) is 5.39 Å². The van der Waals surface area contributed by atoms with Crippen LogP contribution in [-0.4, -0.2) is 13.6 Å². The van der Waals surface area contributed by atoms with Crippen LogP contribution in [0.2, 0.25) is 0 Å². The second-order valence-corrected chi connectivity index (χ2v) is 4.93. The van der Waals surface area contributed by atoms with Crippen molar-refractivity contribution in [2.45, 2.75) is 5.75 Å². The molecule has 0 saturated carbocycles. The van der Waals surface area contributed by atoms with Gasteiger partial charge in [0.15, 0.2) is 5.58 Å². The molecule has 2 rings (SSSR count). The van der Waals surface area contributed by atoms with Crippen molar-refractivity contribution in [1.29, 1.82) is 0 Å². The molecule has 5 nitrogen and oxygen atoms in total. The lowest BCUT2D eigenvalue weighted by atomic mass is 10.2. The second-order valence-electron chi connectivity index (χ2n) is 3.16. The number of sulfonamides is 1. The summed E-state index contributed by atoms with van der Waals surface area (Å²) in [7, 11) is -3.45. The molecule has 0 fully saturated rings. The molecule has 1 aromatic heterocycles. The Morgan fingerprint density at radius 3 is 2.87 bits per heavy atom. The molecule has 1 heterocycles. The van der Waals surface area contributed by atoms with Gasteiger partial charge in [-0.05, 0) is 18.2 Å². The molecule has 0 bridgehead atoms. The summed E-state index contributed by atoms with van der Waals surface area (Å²) < 4.78 is 39.6. The number of aromatic nitrogens is 1. The van der Waals surface area contributed by atoms with E-state index in [0.29, 0.717) is 11.0 Å². The zero-order valence-corrected chi connectivity index (χ0v) is 8.42. The fourth-order valence-corrected chi connectivity index (χ4v) is 1.90. The van der Waals surface area contributed by atoms with E-state index in [1.165, 1.54) is 18.2 Å². The molecule has 80 valence electrons. The molecule has 1 aromatic carbocycles. The Labute approximate surface area is 84.7 Å². The summed E-state index contributed by atoms with van der Waals surface area (Å²) in [5.41, 5.74) is 0.537. The van der Waals surface area contributed by atoms with Crippen LogP contribution >= 0.6 is 0 Å². The summed E-state index contributed by atoms with van der Waals surface area (Å²) in [5.74, 6) is -0.822. The van der Waals surface area contributed by atoms with E-state index < -0.39 is 15.8 Å². The van der Waals surface area contributed by atoms with Gasteiger partial charge in [0.1, 0.15) is 17.3 Å². The zero-order chi connectivity index (χ0) is 11.1. The first-order chi connectivity index (χ1) is 6.96. The van der Waals surface area contributed by atoms with Crippen LogP contribution in [-0.2, 0) is 15.8 Å². The van der Waals surface area contributed by atoms with E-state index in [0.717, 1.165) is 0 Å². The number of hydrogen-bond acceptors (Lipinski definition) is 4. The van der Waals surface area contributed by atoms with Crippen LogP contribution in [0.1, 0.15) is 5.69 Å². The van der Waals surface area contributed by atoms with E-state index in [9.17, 15) is 12.8 Å². The zero-order valence-electron chi connectivity index (χ0n) is 7.60. The van der Waals surface area contributed by atoms with Gasteiger partial charge in [-0.1, -0.05) is 5.16 Å². The van der Waals surface area contributed by atoms with Crippen LogP contribution in [0.15, 0.2) is 22.7 Å². The van der Waals surface area contributed by atoms with Gasteiger partial charge >= 0.3 is 0 Å². The average Bonchev–Trinajstić information content (AvgIpc) is 2.46. The van der Waals surface area contributed by atoms with Crippen LogP contribution in [0.25, 0.3) is 11.0 Å². The quantitative estimate of drug-likeness (QED) is 0.790. The first-order valence-corrected chi connectivity index (χ1v) is 5.87. The molecular formula is C8H8FN2O3S+. The van der Waals surface area contributed by atoms with Crippen LogP contribution in [0.3, 0.4) is 0 Å². The van der Waals surface area contributed by atoms with E-state index in [2.05, 4.69) is 10.3 Å². The van der Waals surface area contributed by atoms with Crippen molar-refractivity contribution in [3.63, 3.8) is 0 Å².